The molecule has 1 atom stereocenters. The van der Waals surface area contributed by atoms with Gasteiger partial charge in [-0.1, -0.05) is 17.7 Å². The fraction of sp³-hybridized carbons (Fsp3) is 0.444. The van der Waals surface area contributed by atoms with Crippen LogP contribution in [0.1, 0.15) is 13.8 Å². The summed E-state index contributed by atoms with van der Waals surface area (Å²) in [5.41, 5.74) is 2.28. The third-order valence-corrected chi connectivity index (χ3v) is 5.40. The van der Waals surface area contributed by atoms with Crippen LogP contribution in [0.15, 0.2) is 24.3 Å². The standard InChI is InChI=1S/C18H22ClN5O/c1-11(2)23-6-7-24-12(10-23)9-20-18-16(24)8-15(21-22-18)13-4-3-5-14(19)17(13)25/h3-5,8,11-12,25H,6-7,9-10H2,1-2H3,(H,20,22)/t12-/m0/s1. The number of hydrogen-bond donors (Lipinski definition) is 2. The monoisotopic (exact) mass is 359 g/mol. The number of benzene rings is 1. The summed E-state index contributed by atoms with van der Waals surface area (Å²) in [5.74, 6) is 0.850. The Hall–Kier alpha value is -2.05. The first-order chi connectivity index (χ1) is 12.0. The van der Waals surface area contributed by atoms with E-state index in [4.69, 9.17) is 11.6 Å². The highest BCUT2D eigenvalue weighted by molar-refractivity contribution is 6.32. The van der Waals surface area contributed by atoms with Crippen molar-refractivity contribution in [1.29, 1.82) is 0 Å². The number of para-hydroxylation sites is 1. The Morgan fingerprint density at radius 1 is 1.28 bits per heavy atom. The topological polar surface area (TPSA) is 64.5 Å². The number of fused-ring (bicyclic) bond motifs is 3. The summed E-state index contributed by atoms with van der Waals surface area (Å²) in [6.07, 6.45) is 0. The van der Waals surface area contributed by atoms with E-state index in [2.05, 4.69) is 39.2 Å². The van der Waals surface area contributed by atoms with Gasteiger partial charge in [-0.25, -0.2) is 0 Å². The highest BCUT2D eigenvalue weighted by atomic mass is 35.5. The third-order valence-electron chi connectivity index (χ3n) is 5.10. The van der Waals surface area contributed by atoms with Gasteiger partial charge in [0.25, 0.3) is 0 Å². The number of nitrogens with one attached hydrogen (secondary N) is 1. The van der Waals surface area contributed by atoms with E-state index in [-0.39, 0.29) is 5.75 Å². The molecule has 7 heteroatoms. The van der Waals surface area contributed by atoms with Crippen molar-refractivity contribution in [1.82, 2.24) is 15.1 Å². The molecule has 0 aliphatic carbocycles. The molecule has 132 valence electrons. The van der Waals surface area contributed by atoms with Crippen molar-refractivity contribution < 1.29 is 5.11 Å². The van der Waals surface area contributed by atoms with E-state index in [1.807, 2.05) is 12.1 Å². The predicted octanol–water partition coefficient (Wildman–Crippen LogP) is 2.83. The minimum absolute atomic E-state index is 0.0448. The maximum absolute atomic E-state index is 10.2. The van der Waals surface area contributed by atoms with Gasteiger partial charge in [0.1, 0.15) is 5.75 Å². The zero-order chi connectivity index (χ0) is 17.6. The van der Waals surface area contributed by atoms with Crippen LogP contribution < -0.4 is 10.2 Å². The molecule has 0 saturated carbocycles. The first-order valence-electron chi connectivity index (χ1n) is 8.64. The van der Waals surface area contributed by atoms with Crippen molar-refractivity contribution in [3.63, 3.8) is 0 Å². The maximum atomic E-state index is 10.2. The van der Waals surface area contributed by atoms with Gasteiger partial charge in [-0.15, -0.1) is 10.2 Å². The molecule has 4 rings (SSSR count). The molecule has 1 saturated heterocycles. The SMILES string of the molecule is CC(C)N1CCN2c3cc(-c4cccc(Cl)c4O)nnc3NC[C@H]2C1. The van der Waals surface area contributed by atoms with E-state index < -0.39 is 0 Å². The van der Waals surface area contributed by atoms with Gasteiger partial charge in [0.05, 0.1) is 22.4 Å². The van der Waals surface area contributed by atoms with Crippen LogP contribution >= 0.6 is 11.6 Å². The zero-order valence-electron chi connectivity index (χ0n) is 14.4. The molecule has 3 heterocycles. The lowest BCUT2D eigenvalue weighted by atomic mass is 10.0. The van der Waals surface area contributed by atoms with Crippen molar-refractivity contribution in [2.24, 2.45) is 0 Å². The summed E-state index contributed by atoms with van der Waals surface area (Å²) in [6.45, 7) is 8.38. The van der Waals surface area contributed by atoms with Gasteiger partial charge in [-0.05, 0) is 32.0 Å². The molecule has 1 aromatic carbocycles. The van der Waals surface area contributed by atoms with Crippen LogP contribution in [0.5, 0.6) is 5.75 Å². The normalized spacial score (nSPS) is 20.2. The second kappa shape index (κ2) is 6.35. The Bertz CT molecular complexity index is 797. The molecular formula is C18H22ClN5O. The molecule has 2 aliphatic heterocycles. The quantitative estimate of drug-likeness (QED) is 0.859. The minimum atomic E-state index is 0.0448. The van der Waals surface area contributed by atoms with Crippen molar-refractivity contribution in [2.45, 2.75) is 25.9 Å². The number of nitrogens with zero attached hydrogens (tertiary/aromatic N) is 4. The number of piperazine rings is 1. The van der Waals surface area contributed by atoms with Crippen LogP contribution in [0.3, 0.4) is 0 Å². The second-order valence-electron chi connectivity index (χ2n) is 6.92. The van der Waals surface area contributed by atoms with Crippen LogP contribution in [0.25, 0.3) is 11.3 Å². The van der Waals surface area contributed by atoms with Crippen LogP contribution in [0, 0.1) is 0 Å². The fourth-order valence-electron chi connectivity index (χ4n) is 3.64. The summed E-state index contributed by atoms with van der Waals surface area (Å²) < 4.78 is 0. The van der Waals surface area contributed by atoms with E-state index in [1.54, 1.807) is 12.1 Å². The lowest BCUT2D eigenvalue weighted by Gasteiger charge is -2.47. The smallest absolute Gasteiger partial charge is 0.172 e. The third kappa shape index (κ3) is 2.89. The first kappa shape index (κ1) is 16.4. The minimum Gasteiger partial charge on any atom is -0.506 e. The number of anilines is 2. The number of phenols is 1. The molecule has 25 heavy (non-hydrogen) atoms. The summed E-state index contributed by atoms with van der Waals surface area (Å²) in [6, 6.07) is 8.24. The molecule has 0 unspecified atom stereocenters. The Labute approximate surface area is 152 Å². The average Bonchev–Trinajstić information content (AvgIpc) is 2.63. The number of hydrogen-bond acceptors (Lipinski definition) is 6. The van der Waals surface area contributed by atoms with Crippen LogP contribution in [0.2, 0.25) is 5.02 Å². The largest absolute Gasteiger partial charge is 0.506 e. The van der Waals surface area contributed by atoms with Crippen LogP contribution in [0.4, 0.5) is 11.5 Å². The second-order valence-corrected chi connectivity index (χ2v) is 7.32. The van der Waals surface area contributed by atoms with E-state index in [9.17, 15) is 5.11 Å². The zero-order valence-corrected chi connectivity index (χ0v) is 15.2. The van der Waals surface area contributed by atoms with Gasteiger partial charge in [0, 0.05) is 37.8 Å². The van der Waals surface area contributed by atoms with Crippen molar-refractivity contribution in [3.8, 4) is 17.0 Å². The Morgan fingerprint density at radius 3 is 2.92 bits per heavy atom. The fourth-order valence-corrected chi connectivity index (χ4v) is 3.81. The Kier molecular flexibility index (Phi) is 4.17. The number of aromatic nitrogens is 2. The lowest BCUT2D eigenvalue weighted by Crippen LogP contribution is -2.59. The molecule has 2 aromatic rings. The molecule has 2 aliphatic rings. The Balaban J connectivity index is 1.69. The van der Waals surface area contributed by atoms with Gasteiger partial charge in [0.15, 0.2) is 5.82 Å². The molecule has 1 fully saturated rings. The van der Waals surface area contributed by atoms with Gasteiger partial charge in [-0.2, -0.15) is 0 Å². The number of rotatable bonds is 2. The highest BCUT2D eigenvalue weighted by Gasteiger charge is 2.33. The van der Waals surface area contributed by atoms with Crippen molar-refractivity contribution in [2.75, 3.05) is 36.4 Å². The summed E-state index contributed by atoms with van der Waals surface area (Å²) >= 11 is 6.04. The van der Waals surface area contributed by atoms with Crippen LogP contribution in [-0.2, 0) is 0 Å². The average molecular weight is 360 g/mol. The van der Waals surface area contributed by atoms with Gasteiger partial charge >= 0.3 is 0 Å². The molecule has 0 bridgehead atoms. The summed E-state index contributed by atoms with van der Waals surface area (Å²) in [5, 5.41) is 22.6. The molecule has 0 spiro atoms. The van der Waals surface area contributed by atoms with E-state index in [0.29, 0.717) is 28.4 Å². The Morgan fingerprint density at radius 2 is 2.12 bits per heavy atom. The van der Waals surface area contributed by atoms with E-state index >= 15 is 0 Å². The molecule has 1 aromatic heterocycles. The van der Waals surface area contributed by atoms with Crippen molar-refractivity contribution in [3.05, 3.63) is 29.3 Å². The maximum Gasteiger partial charge on any atom is 0.172 e. The summed E-state index contributed by atoms with van der Waals surface area (Å²) in [4.78, 5) is 4.91. The van der Waals surface area contributed by atoms with Crippen molar-refractivity contribution >= 4 is 23.1 Å². The van der Waals surface area contributed by atoms with E-state index in [1.165, 1.54) is 0 Å². The van der Waals surface area contributed by atoms with Gasteiger partial charge in [-0.3, -0.25) is 4.90 Å². The highest BCUT2D eigenvalue weighted by Crippen LogP contribution is 2.38. The van der Waals surface area contributed by atoms with Gasteiger partial charge < -0.3 is 15.3 Å². The number of halogens is 1. The van der Waals surface area contributed by atoms with E-state index in [0.717, 1.165) is 37.7 Å². The number of aromatic hydroxyl groups is 1. The number of phenolic OH excluding ortho intramolecular Hbond substituents is 1. The molecule has 6 nitrogen and oxygen atoms in total. The molecular weight excluding hydrogens is 338 g/mol. The van der Waals surface area contributed by atoms with Crippen LogP contribution in [-0.4, -0.2) is 58.5 Å². The molecule has 0 radical (unpaired) electrons. The molecule has 2 N–H and O–H groups in total. The molecule has 0 amide bonds. The lowest BCUT2D eigenvalue weighted by molar-refractivity contribution is 0.182. The predicted molar refractivity (Wildman–Crippen MR) is 100 cm³/mol. The first-order valence-corrected chi connectivity index (χ1v) is 9.02. The summed E-state index contributed by atoms with van der Waals surface area (Å²) in [7, 11) is 0. The van der Waals surface area contributed by atoms with Gasteiger partial charge in [0.2, 0.25) is 0 Å².